The third kappa shape index (κ3) is 2.56. The van der Waals surface area contributed by atoms with Crippen molar-refractivity contribution in [1.29, 1.82) is 0 Å². The molecule has 3 rings (SSSR count). The molecule has 98 valence electrons. The van der Waals surface area contributed by atoms with E-state index in [1.807, 2.05) is 11.6 Å². The molecule has 0 amide bonds. The van der Waals surface area contributed by atoms with Gasteiger partial charge in [-0.25, -0.2) is 4.98 Å². The second-order valence-corrected chi connectivity index (χ2v) is 5.73. The van der Waals surface area contributed by atoms with Crippen LogP contribution in [0.3, 0.4) is 0 Å². The van der Waals surface area contributed by atoms with Crippen molar-refractivity contribution in [2.75, 3.05) is 13.2 Å². The van der Waals surface area contributed by atoms with E-state index in [9.17, 15) is 0 Å². The van der Waals surface area contributed by atoms with Gasteiger partial charge in [-0.15, -0.1) is 11.3 Å². The van der Waals surface area contributed by atoms with Gasteiger partial charge >= 0.3 is 0 Å². The minimum absolute atomic E-state index is 0.279. The second kappa shape index (κ2) is 5.36. The fourth-order valence-electron chi connectivity index (χ4n) is 2.51. The molecule has 0 aliphatic carbocycles. The van der Waals surface area contributed by atoms with E-state index in [-0.39, 0.29) is 6.04 Å². The largest absolute Gasteiger partial charge is 0.381 e. The highest BCUT2D eigenvalue weighted by Gasteiger charge is 2.21. The SMILES string of the molecule is NNC(Cc1cn2ccsc2n1)CC1CCOC1. The van der Waals surface area contributed by atoms with Crippen LogP contribution in [0, 0.1) is 5.92 Å². The molecule has 1 aliphatic heterocycles. The summed E-state index contributed by atoms with van der Waals surface area (Å²) >= 11 is 1.66. The first-order valence-corrected chi connectivity index (χ1v) is 7.18. The van der Waals surface area contributed by atoms with Crippen LogP contribution in [0.1, 0.15) is 18.5 Å². The number of fused-ring (bicyclic) bond motifs is 1. The summed E-state index contributed by atoms with van der Waals surface area (Å²) < 4.78 is 7.46. The lowest BCUT2D eigenvalue weighted by Gasteiger charge is -2.17. The molecule has 0 spiro atoms. The van der Waals surface area contributed by atoms with E-state index >= 15 is 0 Å². The first kappa shape index (κ1) is 12.1. The summed E-state index contributed by atoms with van der Waals surface area (Å²) in [6.07, 6.45) is 7.20. The van der Waals surface area contributed by atoms with E-state index < -0.39 is 0 Å². The van der Waals surface area contributed by atoms with Crippen LogP contribution in [0.4, 0.5) is 0 Å². The van der Waals surface area contributed by atoms with E-state index in [2.05, 4.69) is 21.0 Å². The molecule has 3 heterocycles. The number of aromatic nitrogens is 2. The van der Waals surface area contributed by atoms with E-state index in [0.717, 1.165) is 43.1 Å². The lowest BCUT2D eigenvalue weighted by molar-refractivity contribution is 0.181. The maximum atomic E-state index is 5.65. The lowest BCUT2D eigenvalue weighted by Crippen LogP contribution is -2.38. The minimum Gasteiger partial charge on any atom is -0.381 e. The van der Waals surface area contributed by atoms with Crippen molar-refractivity contribution in [1.82, 2.24) is 14.8 Å². The van der Waals surface area contributed by atoms with Gasteiger partial charge < -0.3 is 4.74 Å². The van der Waals surface area contributed by atoms with Crippen LogP contribution in [-0.2, 0) is 11.2 Å². The van der Waals surface area contributed by atoms with Gasteiger partial charge in [-0.05, 0) is 18.8 Å². The first-order chi connectivity index (χ1) is 8.85. The van der Waals surface area contributed by atoms with Gasteiger partial charge in [-0.1, -0.05) is 0 Å². The van der Waals surface area contributed by atoms with Crippen molar-refractivity contribution in [3.63, 3.8) is 0 Å². The third-order valence-corrected chi connectivity index (χ3v) is 4.25. The standard InChI is InChI=1S/C12H18N4OS/c13-15-10(5-9-1-3-17-8-9)6-11-7-16-2-4-18-12(16)14-11/h2,4,7,9-10,15H,1,3,5-6,8,13H2. The second-order valence-electron chi connectivity index (χ2n) is 4.86. The predicted molar refractivity (Wildman–Crippen MR) is 71.4 cm³/mol. The van der Waals surface area contributed by atoms with Crippen LogP contribution in [0.25, 0.3) is 4.96 Å². The Balaban J connectivity index is 1.63. The number of nitrogens with zero attached hydrogens (tertiary/aromatic N) is 2. The maximum Gasteiger partial charge on any atom is 0.193 e. The normalized spacial score (nSPS) is 21.7. The number of rotatable bonds is 5. The highest BCUT2D eigenvalue weighted by molar-refractivity contribution is 7.15. The Morgan fingerprint density at radius 1 is 1.67 bits per heavy atom. The average molecular weight is 266 g/mol. The molecule has 0 aromatic carbocycles. The summed E-state index contributed by atoms with van der Waals surface area (Å²) in [4.78, 5) is 5.64. The molecule has 0 radical (unpaired) electrons. The Bertz CT molecular complexity index is 474. The van der Waals surface area contributed by atoms with Crippen molar-refractivity contribution >= 4 is 16.3 Å². The van der Waals surface area contributed by atoms with Crippen molar-refractivity contribution in [3.8, 4) is 0 Å². The zero-order valence-electron chi connectivity index (χ0n) is 10.2. The molecule has 2 atom stereocenters. The van der Waals surface area contributed by atoms with Crippen molar-refractivity contribution in [3.05, 3.63) is 23.5 Å². The van der Waals surface area contributed by atoms with Gasteiger partial charge in [0.25, 0.3) is 0 Å². The van der Waals surface area contributed by atoms with E-state index in [1.54, 1.807) is 11.3 Å². The molecule has 2 unspecified atom stereocenters. The molecule has 0 saturated carbocycles. The lowest BCUT2D eigenvalue weighted by atomic mass is 9.97. The Morgan fingerprint density at radius 2 is 2.61 bits per heavy atom. The molecule has 1 fully saturated rings. The molecular formula is C12H18N4OS. The first-order valence-electron chi connectivity index (χ1n) is 6.30. The number of ether oxygens (including phenoxy) is 1. The molecule has 5 nitrogen and oxygen atoms in total. The number of hydrogen-bond donors (Lipinski definition) is 2. The number of imidazole rings is 1. The highest BCUT2D eigenvalue weighted by atomic mass is 32.1. The van der Waals surface area contributed by atoms with Gasteiger partial charge in [0.1, 0.15) is 0 Å². The van der Waals surface area contributed by atoms with Crippen LogP contribution in [0.2, 0.25) is 0 Å². The van der Waals surface area contributed by atoms with Gasteiger partial charge in [0.15, 0.2) is 4.96 Å². The number of nitrogens with one attached hydrogen (secondary N) is 1. The van der Waals surface area contributed by atoms with Crippen LogP contribution in [0.15, 0.2) is 17.8 Å². The Labute approximate surface area is 110 Å². The Hall–Kier alpha value is -0.950. The van der Waals surface area contributed by atoms with Gasteiger partial charge in [-0.3, -0.25) is 15.7 Å². The number of nitrogens with two attached hydrogens (primary N) is 1. The van der Waals surface area contributed by atoms with Gasteiger partial charge in [0.05, 0.1) is 5.69 Å². The summed E-state index contributed by atoms with van der Waals surface area (Å²) in [7, 11) is 0. The highest BCUT2D eigenvalue weighted by Crippen LogP contribution is 2.20. The van der Waals surface area contributed by atoms with Crippen LogP contribution < -0.4 is 11.3 Å². The van der Waals surface area contributed by atoms with Crippen LogP contribution >= 0.6 is 11.3 Å². The number of thiazole rings is 1. The Morgan fingerprint density at radius 3 is 3.33 bits per heavy atom. The number of hydrogen-bond acceptors (Lipinski definition) is 5. The zero-order chi connectivity index (χ0) is 12.4. The van der Waals surface area contributed by atoms with Crippen LogP contribution in [0.5, 0.6) is 0 Å². The van der Waals surface area contributed by atoms with Gasteiger partial charge in [-0.2, -0.15) is 0 Å². The Kier molecular flexibility index (Phi) is 3.60. The molecule has 6 heteroatoms. The topological polar surface area (TPSA) is 64.6 Å². The maximum absolute atomic E-state index is 5.65. The van der Waals surface area contributed by atoms with Crippen molar-refractivity contribution in [2.45, 2.75) is 25.3 Å². The molecule has 18 heavy (non-hydrogen) atoms. The summed E-state index contributed by atoms with van der Waals surface area (Å²) in [5.74, 6) is 6.28. The fourth-order valence-corrected chi connectivity index (χ4v) is 3.23. The summed E-state index contributed by atoms with van der Waals surface area (Å²) in [5.41, 5.74) is 4.01. The summed E-state index contributed by atoms with van der Waals surface area (Å²) in [6, 6.07) is 0.279. The summed E-state index contributed by atoms with van der Waals surface area (Å²) in [6.45, 7) is 1.76. The molecule has 0 bridgehead atoms. The third-order valence-electron chi connectivity index (χ3n) is 3.48. The van der Waals surface area contributed by atoms with Crippen molar-refractivity contribution < 1.29 is 4.74 Å². The fraction of sp³-hybridized carbons (Fsp3) is 0.583. The molecular weight excluding hydrogens is 248 g/mol. The van der Waals surface area contributed by atoms with E-state index in [1.165, 1.54) is 0 Å². The predicted octanol–water partition coefficient (Wildman–Crippen LogP) is 1.20. The molecule has 3 N–H and O–H groups in total. The molecule has 2 aromatic heterocycles. The van der Waals surface area contributed by atoms with Crippen LogP contribution in [-0.4, -0.2) is 28.6 Å². The molecule has 1 aliphatic rings. The monoisotopic (exact) mass is 266 g/mol. The number of hydrazine groups is 1. The van der Waals surface area contributed by atoms with Gasteiger partial charge in [0, 0.05) is 43.5 Å². The summed E-state index contributed by atoms with van der Waals surface area (Å²) in [5, 5.41) is 2.04. The average Bonchev–Trinajstić information content (AvgIpc) is 3.03. The molecule has 1 saturated heterocycles. The quantitative estimate of drug-likeness (QED) is 0.630. The smallest absolute Gasteiger partial charge is 0.193 e. The molecule has 2 aromatic rings. The van der Waals surface area contributed by atoms with E-state index in [0.29, 0.717) is 5.92 Å². The van der Waals surface area contributed by atoms with Crippen molar-refractivity contribution in [2.24, 2.45) is 11.8 Å². The van der Waals surface area contributed by atoms with Gasteiger partial charge in [0.2, 0.25) is 0 Å². The van der Waals surface area contributed by atoms with E-state index in [4.69, 9.17) is 10.6 Å². The zero-order valence-corrected chi connectivity index (χ0v) is 11.0. The minimum atomic E-state index is 0.279.